The van der Waals surface area contributed by atoms with Crippen molar-refractivity contribution in [2.24, 2.45) is 5.73 Å². The maximum Gasteiger partial charge on any atom is 0.261 e. The van der Waals surface area contributed by atoms with Crippen LogP contribution in [0.1, 0.15) is 27.2 Å². The van der Waals surface area contributed by atoms with E-state index in [1.165, 1.54) is 19.9 Å². The average molecular weight is 437 g/mol. The van der Waals surface area contributed by atoms with Gasteiger partial charge in [-0.25, -0.2) is 4.98 Å². The van der Waals surface area contributed by atoms with E-state index in [0.29, 0.717) is 23.3 Å². The van der Waals surface area contributed by atoms with Gasteiger partial charge in [0, 0.05) is 16.3 Å². The van der Waals surface area contributed by atoms with Crippen molar-refractivity contribution in [1.82, 2.24) is 14.5 Å². The second-order valence-electron chi connectivity index (χ2n) is 7.34. The molecular weight excluding hydrogens is 416 g/mol. The van der Waals surface area contributed by atoms with Crippen LogP contribution in [0.5, 0.6) is 0 Å². The van der Waals surface area contributed by atoms with Gasteiger partial charge >= 0.3 is 0 Å². The summed E-state index contributed by atoms with van der Waals surface area (Å²) in [5, 5.41) is 4.73. The molecule has 4 heterocycles. The van der Waals surface area contributed by atoms with Crippen LogP contribution in [0.25, 0.3) is 10.9 Å². The van der Waals surface area contributed by atoms with E-state index in [4.69, 9.17) is 10.7 Å². The maximum atomic E-state index is 13.1. The minimum Gasteiger partial charge on any atom is -0.368 e. The Morgan fingerprint density at radius 2 is 2.00 bits per heavy atom. The normalized spacial score (nSPS) is 16.6. The van der Waals surface area contributed by atoms with Crippen molar-refractivity contribution in [3.8, 4) is 0 Å². The third-order valence-electron chi connectivity index (χ3n) is 5.48. The van der Waals surface area contributed by atoms with E-state index in [0.717, 1.165) is 13.0 Å². The van der Waals surface area contributed by atoms with Gasteiger partial charge in [-0.05, 0) is 47.0 Å². The number of fused-ring (bicyclic) bond motifs is 2. The van der Waals surface area contributed by atoms with Crippen LogP contribution in [0.3, 0.4) is 0 Å². The maximum absolute atomic E-state index is 13.1. The summed E-state index contributed by atoms with van der Waals surface area (Å²) in [5.74, 6) is 0.0155. The van der Waals surface area contributed by atoms with Crippen LogP contribution < -0.4 is 11.3 Å². The first-order valence-electron chi connectivity index (χ1n) is 9.72. The summed E-state index contributed by atoms with van der Waals surface area (Å²) in [5.41, 5.74) is 7.19. The molecule has 3 aromatic heterocycles. The number of benzene rings is 1. The van der Waals surface area contributed by atoms with Crippen LogP contribution >= 0.6 is 22.7 Å². The summed E-state index contributed by atoms with van der Waals surface area (Å²) < 4.78 is 1.43. The van der Waals surface area contributed by atoms with Crippen LogP contribution in [0.2, 0.25) is 0 Å². The van der Waals surface area contributed by atoms with Crippen molar-refractivity contribution >= 4 is 39.5 Å². The van der Waals surface area contributed by atoms with Crippen LogP contribution in [0.15, 0.2) is 58.0 Å². The molecule has 5 rings (SSSR count). The van der Waals surface area contributed by atoms with E-state index >= 15 is 0 Å². The van der Waals surface area contributed by atoms with Crippen molar-refractivity contribution in [3.63, 3.8) is 0 Å². The highest BCUT2D eigenvalue weighted by Gasteiger charge is 2.31. The third kappa shape index (κ3) is 3.36. The molecular formula is C22H20N4O2S2. The minimum absolute atomic E-state index is 0.116. The second kappa shape index (κ2) is 7.79. The molecule has 152 valence electrons. The lowest BCUT2D eigenvalue weighted by atomic mass is 9.98. The molecule has 30 heavy (non-hydrogen) atoms. The molecule has 1 atom stereocenters. The van der Waals surface area contributed by atoms with E-state index in [9.17, 15) is 9.59 Å². The van der Waals surface area contributed by atoms with Crippen molar-refractivity contribution in [3.05, 3.63) is 84.7 Å². The van der Waals surface area contributed by atoms with Crippen molar-refractivity contribution in [1.29, 1.82) is 0 Å². The van der Waals surface area contributed by atoms with Gasteiger partial charge in [-0.15, -0.1) is 22.7 Å². The van der Waals surface area contributed by atoms with Crippen LogP contribution in [-0.4, -0.2) is 26.9 Å². The molecule has 0 aliphatic carbocycles. The lowest BCUT2D eigenvalue weighted by Gasteiger charge is -2.35. The van der Waals surface area contributed by atoms with E-state index in [-0.39, 0.29) is 18.1 Å². The molecule has 0 bridgehead atoms. The van der Waals surface area contributed by atoms with E-state index < -0.39 is 5.91 Å². The minimum atomic E-state index is -0.552. The highest BCUT2D eigenvalue weighted by molar-refractivity contribution is 7.10. The number of thiophene rings is 2. The number of para-hydroxylation sites is 1. The molecule has 0 saturated carbocycles. The summed E-state index contributed by atoms with van der Waals surface area (Å²) in [7, 11) is 0. The summed E-state index contributed by atoms with van der Waals surface area (Å²) in [4.78, 5) is 34.6. The molecule has 0 fully saturated rings. The van der Waals surface area contributed by atoms with Crippen LogP contribution in [0, 0.1) is 0 Å². The lowest BCUT2D eigenvalue weighted by Crippen LogP contribution is -2.38. The van der Waals surface area contributed by atoms with Gasteiger partial charge in [0.2, 0.25) is 5.91 Å². The number of carbonyl (C=O) groups excluding carboxylic acids is 1. The van der Waals surface area contributed by atoms with Gasteiger partial charge < -0.3 is 5.73 Å². The Kier molecular flexibility index (Phi) is 4.98. The monoisotopic (exact) mass is 436 g/mol. The number of rotatable bonds is 5. The summed E-state index contributed by atoms with van der Waals surface area (Å²) >= 11 is 3.53. The zero-order chi connectivity index (χ0) is 20.7. The topological polar surface area (TPSA) is 81.2 Å². The molecule has 1 amide bonds. The van der Waals surface area contributed by atoms with Gasteiger partial charge in [-0.2, -0.15) is 0 Å². The molecule has 0 radical (unpaired) electrons. The summed E-state index contributed by atoms with van der Waals surface area (Å²) in [6, 6.07) is 13.8. The van der Waals surface area contributed by atoms with Gasteiger partial charge in [-0.3, -0.25) is 19.1 Å². The van der Waals surface area contributed by atoms with Gasteiger partial charge in [-0.1, -0.05) is 18.2 Å². The Morgan fingerprint density at radius 3 is 2.80 bits per heavy atom. The Bertz CT molecular complexity index is 1280. The number of aromatic nitrogens is 2. The Hall–Kier alpha value is -2.81. The van der Waals surface area contributed by atoms with Gasteiger partial charge in [0.15, 0.2) is 0 Å². The fourth-order valence-electron chi connectivity index (χ4n) is 4.15. The van der Waals surface area contributed by atoms with Crippen molar-refractivity contribution < 1.29 is 4.79 Å². The average Bonchev–Trinajstić information content (AvgIpc) is 3.42. The summed E-state index contributed by atoms with van der Waals surface area (Å²) in [6.07, 6.45) is 0.961. The lowest BCUT2D eigenvalue weighted by molar-refractivity contribution is -0.118. The smallest absolute Gasteiger partial charge is 0.261 e. The van der Waals surface area contributed by atoms with Gasteiger partial charge in [0.05, 0.1) is 23.5 Å². The SMILES string of the molecule is NC(=O)Cn1c(CN2CCc3sccc3C2c2cccs2)nc2ccccc2c1=O. The molecule has 1 aromatic carbocycles. The number of hydrogen-bond acceptors (Lipinski definition) is 6. The third-order valence-corrected chi connectivity index (χ3v) is 7.40. The van der Waals surface area contributed by atoms with E-state index in [1.807, 2.05) is 12.1 Å². The molecule has 1 unspecified atom stereocenters. The first kappa shape index (κ1) is 19.2. The van der Waals surface area contributed by atoms with E-state index in [1.54, 1.807) is 34.8 Å². The molecule has 1 aliphatic rings. The molecule has 0 saturated heterocycles. The van der Waals surface area contributed by atoms with Crippen molar-refractivity contribution in [2.75, 3.05) is 6.54 Å². The van der Waals surface area contributed by atoms with Crippen LogP contribution in [0.4, 0.5) is 0 Å². The number of hydrogen-bond donors (Lipinski definition) is 1. The van der Waals surface area contributed by atoms with Gasteiger partial charge in [0.1, 0.15) is 12.4 Å². The zero-order valence-corrected chi connectivity index (χ0v) is 17.8. The van der Waals surface area contributed by atoms with Gasteiger partial charge in [0.25, 0.3) is 5.56 Å². The number of primary amides is 1. The number of carbonyl (C=O) groups is 1. The Morgan fingerprint density at radius 1 is 1.13 bits per heavy atom. The predicted molar refractivity (Wildman–Crippen MR) is 120 cm³/mol. The van der Waals surface area contributed by atoms with E-state index in [2.05, 4.69) is 33.9 Å². The molecule has 8 heteroatoms. The number of amides is 1. The highest BCUT2D eigenvalue weighted by Crippen LogP contribution is 2.40. The molecule has 1 aliphatic heterocycles. The Labute approximate surface area is 181 Å². The zero-order valence-electron chi connectivity index (χ0n) is 16.2. The second-order valence-corrected chi connectivity index (χ2v) is 9.32. The molecule has 4 aromatic rings. The largest absolute Gasteiger partial charge is 0.368 e. The standard InChI is InChI=1S/C22H20N4O2S2/c23-19(27)12-26-20(24-16-5-2-1-4-14(16)22(26)28)13-25-9-7-17-15(8-11-30-17)21(25)18-6-3-10-29-18/h1-6,8,10-11,21H,7,9,12-13H2,(H2,23,27). The highest BCUT2D eigenvalue weighted by atomic mass is 32.1. The molecule has 0 spiro atoms. The first-order chi connectivity index (χ1) is 14.6. The molecule has 6 nitrogen and oxygen atoms in total. The molecule has 2 N–H and O–H groups in total. The fraction of sp³-hybridized carbons (Fsp3) is 0.227. The van der Waals surface area contributed by atoms with Crippen LogP contribution in [-0.2, 0) is 24.3 Å². The Balaban J connectivity index is 1.61. The first-order valence-corrected chi connectivity index (χ1v) is 11.5. The fourth-order valence-corrected chi connectivity index (χ4v) is 5.93. The number of nitrogens with zero attached hydrogens (tertiary/aromatic N) is 3. The predicted octanol–water partition coefficient (Wildman–Crippen LogP) is 3.15. The summed E-state index contributed by atoms with van der Waals surface area (Å²) in [6.45, 7) is 1.15. The van der Waals surface area contributed by atoms with Crippen molar-refractivity contribution in [2.45, 2.75) is 25.6 Å². The quantitative estimate of drug-likeness (QED) is 0.521. The number of nitrogens with two attached hydrogens (primary N) is 1.